The highest BCUT2D eigenvalue weighted by Crippen LogP contribution is 2.37. The van der Waals surface area contributed by atoms with E-state index in [-0.39, 0.29) is 30.8 Å². The number of aliphatic hydroxyl groups is 1. The monoisotopic (exact) mass is 653 g/mol. The number of hydrazine groups is 1. The van der Waals surface area contributed by atoms with E-state index in [4.69, 9.17) is 10.9 Å². The number of fused-ring (bicyclic) bond motifs is 1. The van der Waals surface area contributed by atoms with Gasteiger partial charge in [0.05, 0.1) is 30.2 Å². The van der Waals surface area contributed by atoms with E-state index in [1.54, 1.807) is 9.69 Å². The van der Waals surface area contributed by atoms with Crippen LogP contribution in [0.1, 0.15) is 32.7 Å². The van der Waals surface area contributed by atoms with Crippen molar-refractivity contribution in [3.8, 4) is 11.3 Å². The molecule has 45 heavy (non-hydrogen) atoms. The third-order valence-corrected chi connectivity index (χ3v) is 9.31. The molecule has 11 nitrogen and oxygen atoms in total. The van der Waals surface area contributed by atoms with Gasteiger partial charge in [0.1, 0.15) is 5.82 Å². The molecule has 0 bridgehead atoms. The molecule has 16 heteroatoms. The van der Waals surface area contributed by atoms with Gasteiger partial charge in [0.15, 0.2) is 0 Å². The number of rotatable bonds is 9. The van der Waals surface area contributed by atoms with Crippen molar-refractivity contribution in [2.45, 2.75) is 38.3 Å². The highest BCUT2D eigenvalue weighted by molar-refractivity contribution is 7.88. The van der Waals surface area contributed by atoms with Crippen LogP contribution in [0.15, 0.2) is 42.5 Å². The van der Waals surface area contributed by atoms with Crippen LogP contribution >= 0.6 is 0 Å². The fourth-order valence-electron chi connectivity index (χ4n) is 5.68. The Morgan fingerprint density at radius 2 is 1.76 bits per heavy atom. The summed E-state index contributed by atoms with van der Waals surface area (Å²) in [6, 6.07) is 8.06. The maximum atomic E-state index is 14.0. The number of amides is 1. The van der Waals surface area contributed by atoms with Gasteiger partial charge >= 0.3 is 6.18 Å². The van der Waals surface area contributed by atoms with Gasteiger partial charge in [0, 0.05) is 81.2 Å². The summed E-state index contributed by atoms with van der Waals surface area (Å²) in [4.78, 5) is 14.7. The molecule has 0 aliphatic carbocycles. The lowest BCUT2D eigenvalue weighted by molar-refractivity contribution is -0.138. The van der Waals surface area contributed by atoms with E-state index in [1.807, 2.05) is 0 Å². The lowest BCUT2D eigenvalue weighted by Gasteiger charge is -2.33. The molecule has 4 N–H and O–H groups in total. The Balaban J connectivity index is 1.46. The second kappa shape index (κ2) is 13.1. The van der Waals surface area contributed by atoms with Gasteiger partial charge in [0.25, 0.3) is 5.91 Å². The first-order chi connectivity index (χ1) is 21.2. The molecule has 2 aliphatic heterocycles. The molecule has 1 saturated heterocycles. The van der Waals surface area contributed by atoms with E-state index in [1.165, 1.54) is 28.6 Å². The standard InChI is InChI=1S/C29H35F4N7O4S/c1-45(43,44)39-9-8-26-24(18-39)27(36-40(26)17-23(41)16-37-10-12-38(34)13-11-37)20-4-7-25(29(31,32)33)21(14-20)15-35-28(42)19-2-5-22(30)6-3-19/h2-7,14,23,41H,8-13,15-18,34H2,1H3,(H,35,42). The van der Waals surface area contributed by atoms with Gasteiger partial charge in [-0.25, -0.2) is 17.8 Å². The average molecular weight is 654 g/mol. The number of carbonyl (C=O) groups excluding carboxylic acids is 1. The van der Waals surface area contributed by atoms with Crippen molar-refractivity contribution in [2.75, 3.05) is 45.5 Å². The molecular formula is C29H35F4N7O4S. The van der Waals surface area contributed by atoms with E-state index in [9.17, 15) is 35.9 Å². The molecule has 2 aromatic carbocycles. The zero-order valence-electron chi connectivity index (χ0n) is 24.6. The largest absolute Gasteiger partial charge is 0.416 e. The van der Waals surface area contributed by atoms with E-state index >= 15 is 0 Å². The first-order valence-electron chi connectivity index (χ1n) is 14.4. The molecule has 0 radical (unpaired) electrons. The number of aliphatic hydroxyl groups excluding tert-OH is 1. The van der Waals surface area contributed by atoms with Crippen LogP contribution in [0.4, 0.5) is 17.6 Å². The van der Waals surface area contributed by atoms with Gasteiger partial charge in [-0.05, 0) is 42.0 Å². The number of β-amino-alcohol motifs (C(OH)–C–C–N with tert-alkyl or cyclic N) is 1. The highest BCUT2D eigenvalue weighted by Gasteiger charge is 2.35. The van der Waals surface area contributed by atoms with Gasteiger partial charge in [-0.1, -0.05) is 6.07 Å². The minimum absolute atomic E-state index is 0.0320. The van der Waals surface area contributed by atoms with Crippen molar-refractivity contribution in [3.05, 3.63) is 76.2 Å². The lowest BCUT2D eigenvalue weighted by Crippen LogP contribution is -2.51. The number of benzene rings is 2. The SMILES string of the molecule is CS(=O)(=O)N1CCc2c(c(-c3ccc(C(F)(F)F)c(CNC(=O)c4ccc(F)cc4)c3)nn2CC(O)CN2CCN(N)CC2)C1. The van der Waals surface area contributed by atoms with E-state index in [0.717, 1.165) is 24.5 Å². The molecule has 5 rings (SSSR count). The number of aromatic nitrogens is 2. The number of hydrogen-bond acceptors (Lipinski definition) is 8. The zero-order chi connectivity index (χ0) is 32.5. The number of halogens is 4. The van der Waals surface area contributed by atoms with Crippen molar-refractivity contribution in [1.82, 2.24) is 29.3 Å². The summed E-state index contributed by atoms with van der Waals surface area (Å²) in [5, 5.41) is 19.8. The second-order valence-electron chi connectivity index (χ2n) is 11.4. The summed E-state index contributed by atoms with van der Waals surface area (Å²) < 4.78 is 83.0. The van der Waals surface area contributed by atoms with E-state index < -0.39 is 46.1 Å². The van der Waals surface area contributed by atoms with E-state index in [2.05, 4.69) is 10.2 Å². The molecular weight excluding hydrogens is 618 g/mol. The van der Waals surface area contributed by atoms with Crippen LogP contribution in [0.3, 0.4) is 0 Å². The lowest BCUT2D eigenvalue weighted by atomic mass is 9.97. The molecule has 1 unspecified atom stereocenters. The summed E-state index contributed by atoms with van der Waals surface area (Å²) in [6.45, 7) is 2.85. The molecule has 244 valence electrons. The first kappa shape index (κ1) is 33.0. The first-order valence-corrected chi connectivity index (χ1v) is 16.2. The summed E-state index contributed by atoms with van der Waals surface area (Å²) in [7, 11) is -3.58. The predicted octanol–water partition coefficient (Wildman–Crippen LogP) is 1.81. The number of piperazine rings is 1. The predicted molar refractivity (Wildman–Crippen MR) is 157 cm³/mol. The number of sulfonamides is 1. The van der Waals surface area contributed by atoms with Crippen LogP contribution in [0, 0.1) is 5.82 Å². The van der Waals surface area contributed by atoms with Crippen LogP contribution < -0.4 is 11.2 Å². The van der Waals surface area contributed by atoms with E-state index in [0.29, 0.717) is 61.7 Å². The Labute approximate surface area is 258 Å². The third kappa shape index (κ3) is 7.88. The third-order valence-electron chi connectivity index (χ3n) is 8.06. The highest BCUT2D eigenvalue weighted by atomic mass is 32.2. The second-order valence-corrected chi connectivity index (χ2v) is 13.3. The normalized spacial score (nSPS) is 17.7. The quantitative estimate of drug-likeness (QED) is 0.235. The minimum Gasteiger partial charge on any atom is -0.390 e. The van der Waals surface area contributed by atoms with Crippen LogP contribution in [-0.2, 0) is 42.3 Å². The molecule has 3 heterocycles. The maximum absolute atomic E-state index is 14.0. The van der Waals surface area contributed by atoms with Crippen molar-refractivity contribution >= 4 is 15.9 Å². The Kier molecular flexibility index (Phi) is 9.62. The van der Waals surface area contributed by atoms with Crippen molar-refractivity contribution in [2.24, 2.45) is 5.84 Å². The number of nitrogens with zero attached hydrogens (tertiary/aromatic N) is 5. The number of alkyl halides is 3. The van der Waals surface area contributed by atoms with Crippen molar-refractivity contribution in [1.29, 1.82) is 0 Å². The molecule has 0 saturated carbocycles. The number of nitrogens with one attached hydrogen (secondary N) is 1. The Hall–Kier alpha value is -3.41. The van der Waals surface area contributed by atoms with Crippen molar-refractivity contribution in [3.63, 3.8) is 0 Å². The molecule has 0 spiro atoms. The number of carbonyl (C=O) groups is 1. The van der Waals surface area contributed by atoms with Crippen LogP contribution in [-0.4, -0.2) is 95.1 Å². The van der Waals surface area contributed by atoms with Crippen LogP contribution in [0.5, 0.6) is 0 Å². The molecule has 3 aromatic rings. The molecule has 1 amide bonds. The average Bonchev–Trinajstić information content (AvgIpc) is 3.33. The smallest absolute Gasteiger partial charge is 0.390 e. The molecule has 1 fully saturated rings. The van der Waals surface area contributed by atoms with Gasteiger partial charge in [0.2, 0.25) is 10.0 Å². The summed E-state index contributed by atoms with van der Waals surface area (Å²) in [5.74, 6) is 4.59. The Morgan fingerprint density at radius 3 is 2.40 bits per heavy atom. The van der Waals surface area contributed by atoms with Crippen LogP contribution in [0.2, 0.25) is 0 Å². The van der Waals surface area contributed by atoms with Gasteiger partial charge < -0.3 is 10.4 Å². The summed E-state index contributed by atoms with van der Waals surface area (Å²) in [5.41, 5.74) is 0.727. The maximum Gasteiger partial charge on any atom is 0.416 e. The van der Waals surface area contributed by atoms with Gasteiger partial charge in [-0.2, -0.15) is 22.6 Å². The Bertz CT molecular complexity index is 1640. The number of nitrogens with two attached hydrogens (primary N) is 1. The number of hydrogen-bond donors (Lipinski definition) is 3. The molecule has 1 aromatic heterocycles. The summed E-state index contributed by atoms with van der Waals surface area (Å²) >= 11 is 0. The molecule has 1 atom stereocenters. The molecule has 2 aliphatic rings. The Morgan fingerprint density at radius 1 is 1.07 bits per heavy atom. The van der Waals surface area contributed by atoms with Gasteiger partial charge in [-0.15, -0.1) is 0 Å². The fourth-order valence-corrected chi connectivity index (χ4v) is 6.46. The summed E-state index contributed by atoms with van der Waals surface area (Å²) in [6.07, 6.45) is -4.15. The van der Waals surface area contributed by atoms with Crippen molar-refractivity contribution < 1.29 is 35.9 Å². The minimum atomic E-state index is -4.72. The van der Waals surface area contributed by atoms with Gasteiger partial charge in [-0.3, -0.25) is 20.2 Å². The zero-order valence-corrected chi connectivity index (χ0v) is 25.4. The van der Waals surface area contributed by atoms with Crippen LogP contribution in [0.25, 0.3) is 11.3 Å². The fraction of sp³-hybridized carbons (Fsp3) is 0.448. The topological polar surface area (TPSA) is 137 Å².